The quantitative estimate of drug-likeness (QED) is 0.383. The monoisotopic (exact) mass is 530 g/mol. The molecule has 0 aliphatic carbocycles. The molecule has 1 saturated heterocycles. The summed E-state index contributed by atoms with van der Waals surface area (Å²) in [6.07, 6.45) is 1.32. The lowest BCUT2D eigenvalue weighted by Gasteiger charge is -2.29. The Labute approximate surface area is 203 Å². The molecule has 0 bridgehead atoms. The van der Waals surface area contributed by atoms with Crippen LogP contribution in [0.15, 0.2) is 12.0 Å². The van der Waals surface area contributed by atoms with Crippen LogP contribution in [0.25, 0.3) is 0 Å². The fourth-order valence-corrected chi connectivity index (χ4v) is 3.27. The molecule has 2 heterocycles. The number of hydrogen-bond donors (Lipinski definition) is 0. The summed E-state index contributed by atoms with van der Waals surface area (Å²) in [6.45, 7) is 11.4. The zero-order chi connectivity index (χ0) is 27.2. The number of likely N-dealkylation sites (tertiary alicyclic amines) is 1. The minimum atomic E-state index is -5.73. The van der Waals surface area contributed by atoms with Crippen LogP contribution in [0.4, 0.5) is 22.8 Å². The Bertz CT molecular complexity index is 918. The molecule has 14 heteroatoms. The van der Waals surface area contributed by atoms with E-state index in [1.807, 2.05) is 20.8 Å². The Morgan fingerprint density at radius 3 is 1.89 bits per heavy atom. The Morgan fingerprint density at radius 2 is 1.40 bits per heavy atom. The largest absolute Gasteiger partial charge is 0.534 e. The summed E-state index contributed by atoms with van der Waals surface area (Å²) < 4.78 is 72.7. The SMILES string of the molecule is CC(C)(C)OC(=O)N1C=C(OS(=O)(=O)C(F)(F)F)CCC1.CC(C)(C)OC(=O)N1CCCC(=O)C1. The number of ether oxygens (including phenoxy) is 2. The van der Waals surface area contributed by atoms with Crippen LogP contribution in [-0.4, -0.2) is 72.5 Å². The molecule has 0 unspecified atom stereocenters. The van der Waals surface area contributed by atoms with E-state index < -0.39 is 38.7 Å². The zero-order valence-electron chi connectivity index (χ0n) is 20.7. The number of carbonyl (C=O) groups excluding carboxylic acids is 3. The van der Waals surface area contributed by atoms with Gasteiger partial charge in [0.25, 0.3) is 0 Å². The molecule has 202 valence electrons. The maximum Gasteiger partial charge on any atom is 0.534 e. The van der Waals surface area contributed by atoms with Crippen molar-refractivity contribution in [3.63, 3.8) is 0 Å². The van der Waals surface area contributed by atoms with Crippen LogP contribution >= 0.6 is 0 Å². The molecule has 0 N–H and O–H groups in total. The predicted molar refractivity (Wildman–Crippen MR) is 118 cm³/mol. The van der Waals surface area contributed by atoms with Gasteiger partial charge in [-0.05, 0) is 54.4 Å². The molecule has 2 aliphatic heterocycles. The Morgan fingerprint density at radius 1 is 0.886 bits per heavy atom. The maximum atomic E-state index is 12.2. The molecule has 0 saturated carbocycles. The van der Waals surface area contributed by atoms with Crippen LogP contribution < -0.4 is 0 Å². The molecular formula is C21H33F3N2O8S. The van der Waals surface area contributed by atoms with E-state index >= 15 is 0 Å². The number of carbonyl (C=O) groups is 3. The summed E-state index contributed by atoms with van der Waals surface area (Å²) in [4.78, 5) is 36.8. The number of halogens is 3. The van der Waals surface area contributed by atoms with E-state index in [4.69, 9.17) is 9.47 Å². The number of amides is 2. The number of allylic oxidation sites excluding steroid dienone is 1. The second kappa shape index (κ2) is 11.5. The fourth-order valence-electron chi connectivity index (χ4n) is 2.76. The molecule has 0 aromatic heterocycles. The van der Waals surface area contributed by atoms with E-state index in [-0.39, 0.29) is 37.8 Å². The lowest BCUT2D eigenvalue weighted by atomic mass is 10.1. The normalized spacial score (nSPS) is 17.6. The average molecular weight is 531 g/mol. The van der Waals surface area contributed by atoms with Gasteiger partial charge in [-0.3, -0.25) is 9.69 Å². The van der Waals surface area contributed by atoms with Gasteiger partial charge in [-0.15, -0.1) is 0 Å². The van der Waals surface area contributed by atoms with Crippen molar-refractivity contribution in [2.75, 3.05) is 19.6 Å². The first-order chi connectivity index (χ1) is 15.7. The van der Waals surface area contributed by atoms with Crippen molar-refractivity contribution < 1.29 is 49.6 Å². The maximum absolute atomic E-state index is 12.2. The van der Waals surface area contributed by atoms with E-state index in [0.29, 0.717) is 13.0 Å². The average Bonchev–Trinajstić information content (AvgIpc) is 2.65. The van der Waals surface area contributed by atoms with Crippen molar-refractivity contribution in [1.82, 2.24) is 9.80 Å². The summed E-state index contributed by atoms with van der Waals surface area (Å²) in [5.41, 5.74) is -6.78. The van der Waals surface area contributed by atoms with Crippen molar-refractivity contribution in [2.45, 2.75) is 83.9 Å². The van der Waals surface area contributed by atoms with Crippen LogP contribution in [0.5, 0.6) is 0 Å². The van der Waals surface area contributed by atoms with Crippen molar-refractivity contribution in [2.24, 2.45) is 0 Å². The summed E-state index contributed by atoms with van der Waals surface area (Å²) in [6, 6.07) is 0. The molecule has 0 spiro atoms. The van der Waals surface area contributed by atoms with Gasteiger partial charge in [0.2, 0.25) is 0 Å². The molecule has 1 fully saturated rings. The first kappa shape index (κ1) is 30.5. The van der Waals surface area contributed by atoms with Crippen molar-refractivity contribution in [3.05, 3.63) is 12.0 Å². The van der Waals surface area contributed by atoms with Gasteiger partial charge in [0.05, 0.1) is 6.54 Å². The zero-order valence-corrected chi connectivity index (χ0v) is 21.5. The molecule has 35 heavy (non-hydrogen) atoms. The summed E-state index contributed by atoms with van der Waals surface area (Å²) in [5, 5.41) is 0. The molecule has 0 aromatic rings. The van der Waals surface area contributed by atoms with Crippen molar-refractivity contribution >= 4 is 28.1 Å². The summed E-state index contributed by atoms with van der Waals surface area (Å²) >= 11 is 0. The summed E-state index contributed by atoms with van der Waals surface area (Å²) in [5.74, 6) is -0.341. The van der Waals surface area contributed by atoms with E-state index in [0.717, 1.165) is 17.5 Å². The van der Waals surface area contributed by atoms with Gasteiger partial charge in [-0.1, -0.05) is 0 Å². The summed E-state index contributed by atoms with van der Waals surface area (Å²) in [7, 11) is -5.73. The number of nitrogens with zero attached hydrogens (tertiary/aromatic N) is 2. The van der Waals surface area contributed by atoms with Crippen LogP contribution in [-0.2, 0) is 28.6 Å². The molecule has 2 aliphatic rings. The third-order valence-corrected chi connectivity index (χ3v) is 5.15. The number of alkyl halides is 3. The van der Waals surface area contributed by atoms with Gasteiger partial charge in [0.1, 0.15) is 17.0 Å². The Kier molecular flexibility index (Phi) is 10.0. The van der Waals surface area contributed by atoms with Gasteiger partial charge in [-0.25, -0.2) is 9.59 Å². The second-order valence-electron chi connectivity index (χ2n) is 9.90. The van der Waals surface area contributed by atoms with Gasteiger partial charge in [0.15, 0.2) is 5.78 Å². The topological polar surface area (TPSA) is 120 Å². The molecule has 0 radical (unpaired) electrons. The van der Waals surface area contributed by atoms with Crippen molar-refractivity contribution in [3.8, 4) is 0 Å². The first-order valence-corrected chi connectivity index (χ1v) is 12.3. The van der Waals surface area contributed by atoms with Crippen LogP contribution in [0.2, 0.25) is 0 Å². The minimum Gasteiger partial charge on any atom is -0.444 e. The van der Waals surface area contributed by atoms with Crippen molar-refractivity contribution in [1.29, 1.82) is 0 Å². The lowest BCUT2D eigenvalue weighted by Crippen LogP contribution is -2.43. The third kappa shape index (κ3) is 11.2. The lowest BCUT2D eigenvalue weighted by molar-refractivity contribution is -0.122. The van der Waals surface area contributed by atoms with E-state index in [9.17, 15) is 36.0 Å². The smallest absolute Gasteiger partial charge is 0.444 e. The van der Waals surface area contributed by atoms with E-state index in [1.54, 1.807) is 20.8 Å². The highest BCUT2D eigenvalue weighted by Crippen LogP contribution is 2.29. The highest BCUT2D eigenvalue weighted by Gasteiger charge is 2.49. The van der Waals surface area contributed by atoms with Gasteiger partial charge < -0.3 is 18.6 Å². The van der Waals surface area contributed by atoms with E-state index in [2.05, 4.69) is 4.18 Å². The second-order valence-corrected chi connectivity index (χ2v) is 11.4. The molecule has 2 amide bonds. The van der Waals surface area contributed by atoms with Crippen LogP contribution in [0.3, 0.4) is 0 Å². The van der Waals surface area contributed by atoms with Gasteiger partial charge in [-0.2, -0.15) is 21.6 Å². The Balaban J connectivity index is 0.000000379. The van der Waals surface area contributed by atoms with Crippen LogP contribution in [0, 0.1) is 0 Å². The molecule has 0 atom stereocenters. The number of ketones is 1. The van der Waals surface area contributed by atoms with Crippen LogP contribution in [0.1, 0.15) is 67.2 Å². The Hall–Kier alpha value is -2.51. The van der Waals surface area contributed by atoms with Gasteiger partial charge in [0, 0.05) is 32.1 Å². The number of hydrogen-bond acceptors (Lipinski definition) is 8. The highest BCUT2D eigenvalue weighted by molar-refractivity contribution is 7.87. The highest BCUT2D eigenvalue weighted by atomic mass is 32.2. The van der Waals surface area contributed by atoms with E-state index in [1.165, 1.54) is 4.90 Å². The fraction of sp³-hybridized carbons (Fsp3) is 0.762. The molecule has 10 nitrogen and oxygen atoms in total. The third-order valence-electron chi connectivity index (χ3n) is 4.15. The first-order valence-electron chi connectivity index (χ1n) is 10.9. The predicted octanol–water partition coefficient (Wildman–Crippen LogP) is 4.31. The molecule has 2 rings (SSSR count). The number of rotatable bonds is 2. The number of piperidine rings is 1. The molecule has 0 aromatic carbocycles. The molecular weight excluding hydrogens is 497 g/mol. The van der Waals surface area contributed by atoms with Gasteiger partial charge >= 0.3 is 27.8 Å². The standard InChI is InChI=1S/C11H16F3NO5S.C10H17NO3/c1-10(2,3)19-9(16)15-6-4-5-8(7-15)20-21(17,18)11(12,13)14;1-10(2,3)14-9(13)11-6-4-5-8(12)7-11/h7H,4-6H2,1-3H3;4-7H2,1-3H3. The number of Topliss-reactive ketones (excluding diaryl/α,β-unsaturated/α-hetero) is 1. The minimum absolute atomic E-state index is 0.0192.